The van der Waals surface area contributed by atoms with Crippen LogP contribution in [0.4, 0.5) is 5.69 Å². The van der Waals surface area contributed by atoms with E-state index in [4.69, 9.17) is 11.6 Å². The first-order chi connectivity index (χ1) is 14.2. The second-order valence-corrected chi connectivity index (χ2v) is 8.32. The van der Waals surface area contributed by atoms with E-state index >= 15 is 0 Å². The van der Waals surface area contributed by atoms with Crippen LogP contribution in [0, 0.1) is 0 Å². The molecule has 5 nitrogen and oxygen atoms in total. The Kier molecular flexibility index (Phi) is 6.70. The molecule has 0 unspecified atom stereocenters. The molecule has 2 fully saturated rings. The minimum atomic E-state index is 0.265. The highest BCUT2D eigenvalue weighted by Crippen LogP contribution is 2.16. The minimum absolute atomic E-state index is 0.265. The first-order valence-electron chi connectivity index (χ1n) is 10.4. The second kappa shape index (κ2) is 9.61. The number of carbonyl (C=O) groups excluding carboxylic acids is 1. The van der Waals surface area contributed by atoms with Crippen LogP contribution in [0.25, 0.3) is 0 Å². The highest BCUT2D eigenvalue weighted by atomic mass is 35.5. The van der Waals surface area contributed by atoms with Gasteiger partial charge in [-0.1, -0.05) is 41.9 Å². The van der Waals surface area contributed by atoms with Crippen molar-refractivity contribution in [2.75, 3.05) is 63.8 Å². The fourth-order valence-electron chi connectivity index (χ4n) is 4.14. The van der Waals surface area contributed by atoms with Gasteiger partial charge in [-0.05, 0) is 29.8 Å². The number of piperazine rings is 2. The molecule has 0 bridgehead atoms. The summed E-state index contributed by atoms with van der Waals surface area (Å²) in [6.45, 7) is 8.74. The number of rotatable bonds is 5. The average molecular weight is 413 g/mol. The summed E-state index contributed by atoms with van der Waals surface area (Å²) in [5.41, 5.74) is 2.49. The molecule has 0 N–H and O–H groups in total. The van der Waals surface area contributed by atoms with Crippen LogP contribution in [0.2, 0.25) is 5.02 Å². The first kappa shape index (κ1) is 20.2. The summed E-state index contributed by atoms with van der Waals surface area (Å²) in [6, 6.07) is 18.5. The van der Waals surface area contributed by atoms with Gasteiger partial charge in [0.15, 0.2) is 0 Å². The van der Waals surface area contributed by atoms with Crippen molar-refractivity contribution in [1.82, 2.24) is 14.7 Å². The molecule has 1 amide bonds. The molecular formula is C23H29ClN4O. The van der Waals surface area contributed by atoms with Crippen molar-refractivity contribution in [2.24, 2.45) is 0 Å². The lowest BCUT2D eigenvalue weighted by molar-refractivity contribution is -0.133. The van der Waals surface area contributed by atoms with E-state index in [1.807, 2.05) is 29.2 Å². The summed E-state index contributed by atoms with van der Waals surface area (Å²) in [4.78, 5) is 21.9. The van der Waals surface area contributed by atoms with Gasteiger partial charge >= 0.3 is 0 Å². The lowest BCUT2D eigenvalue weighted by atomic mass is 10.2. The maximum atomic E-state index is 12.8. The van der Waals surface area contributed by atoms with Gasteiger partial charge in [-0.3, -0.25) is 14.6 Å². The van der Waals surface area contributed by atoms with Crippen LogP contribution in [0.15, 0.2) is 54.6 Å². The normalized spacial score (nSPS) is 18.8. The highest BCUT2D eigenvalue weighted by Gasteiger charge is 2.24. The molecule has 0 atom stereocenters. The molecule has 29 heavy (non-hydrogen) atoms. The minimum Gasteiger partial charge on any atom is -0.368 e. The Balaban J connectivity index is 1.19. The smallest absolute Gasteiger partial charge is 0.236 e. The summed E-state index contributed by atoms with van der Waals surface area (Å²) in [5, 5.41) is 0.791. The Labute approximate surface area is 178 Å². The largest absolute Gasteiger partial charge is 0.368 e. The van der Waals surface area contributed by atoms with Crippen molar-refractivity contribution in [3.63, 3.8) is 0 Å². The van der Waals surface area contributed by atoms with E-state index in [0.29, 0.717) is 6.54 Å². The second-order valence-electron chi connectivity index (χ2n) is 7.89. The third-order valence-corrected chi connectivity index (χ3v) is 6.11. The highest BCUT2D eigenvalue weighted by molar-refractivity contribution is 6.30. The zero-order chi connectivity index (χ0) is 20.1. The van der Waals surface area contributed by atoms with Crippen LogP contribution in [-0.2, 0) is 11.3 Å². The Morgan fingerprint density at radius 3 is 2.17 bits per heavy atom. The molecule has 2 aliphatic rings. The molecule has 0 aliphatic carbocycles. The lowest BCUT2D eigenvalue weighted by Gasteiger charge is -2.38. The van der Waals surface area contributed by atoms with E-state index in [1.54, 1.807) is 0 Å². The number of para-hydroxylation sites is 1. The van der Waals surface area contributed by atoms with Gasteiger partial charge in [0.25, 0.3) is 0 Å². The van der Waals surface area contributed by atoms with Crippen molar-refractivity contribution in [1.29, 1.82) is 0 Å². The molecule has 6 heteroatoms. The van der Waals surface area contributed by atoms with E-state index in [0.717, 1.165) is 63.9 Å². The van der Waals surface area contributed by atoms with Crippen molar-refractivity contribution in [3.8, 4) is 0 Å². The predicted octanol–water partition coefficient (Wildman–Crippen LogP) is 2.81. The molecule has 2 saturated heterocycles. The number of carbonyl (C=O) groups is 1. The van der Waals surface area contributed by atoms with E-state index < -0.39 is 0 Å². The molecule has 2 aromatic carbocycles. The zero-order valence-electron chi connectivity index (χ0n) is 16.8. The number of hydrogen-bond acceptors (Lipinski definition) is 4. The average Bonchev–Trinajstić information content (AvgIpc) is 2.76. The summed E-state index contributed by atoms with van der Waals surface area (Å²) in [7, 11) is 0. The summed E-state index contributed by atoms with van der Waals surface area (Å²) < 4.78 is 0. The summed E-state index contributed by atoms with van der Waals surface area (Å²) >= 11 is 6.09. The number of hydrogen-bond donors (Lipinski definition) is 0. The molecule has 2 aliphatic heterocycles. The van der Waals surface area contributed by atoms with Gasteiger partial charge < -0.3 is 9.80 Å². The standard InChI is InChI=1S/C23H29ClN4O/c24-21-6-4-5-20(17-21)18-25-9-11-26(12-10-25)19-23(29)28-15-13-27(14-16-28)22-7-2-1-3-8-22/h1-8,17H,9-16,18-19H2. The van der Waals surface area contributed by atoms with E-state index in [9.17, 15) is 4.79 Å². The molecule has 0 saturated carbocycles. The van der Waals surface area contributed by atoms with Crippen molar-refractivity contribution in [2.45, 2.75) is 6.54 Å². The van der Waals surface area contributed by atoms with Gasteiger partial charge in [-0.15, -0.1) is 0 Å². The van der Waals surface area contributed by atoms with Crippen LogP contribution in [-0.4, -0.2) is 79.5 Å². The Bertz CT molecular complexity index is 800. The van der Waals surface area contributed by atoms with Gasteiger partial charge in [0.2, 0.25) is 5.91 Å². The zero-order valence-corrected chi connectivity index (χ0v) is 17.6. The van der Waals surface area contributed by atoms with Crippen LogP contribution in [0.5, 0.6) is 0 Å². The molecule has 0 aromatic heterocycles. The van der Waals surface area contributed by atoms with Gasteiger partial charge in [0.1, 0.15) is 0 Å². The van der Waals surface area contributed by atoms with Crippen molar-refractivity contribution < 1.29 is 4.79 Å². The molecule has 2 aromatic rings. The SMILES string of the molecule is O=C(CN1CCN(Cc2cccc(Cl)c2)CC1)N1CCN(c2ccccc2)CC1. The number of anilines is 1. The quantitative estimate of drug-likeness (QED) is 0.755. The lowest BCUT2D eigenvalue weighted by Crippen LogP contribution is -2.53. The first-order valence-corrected chi connectivity index (χ1v) is 10.8. The van der Waals surface area contributed by atoms with E-state index in [2.05, 4.69) is 45.0 Å². The Hall–Kier alpha value is -2.08. The maximum absolute atomic E-state index is 12.8. The Morgan fingerprint density at radius 2 is 1.48 bits per heavy atom. The summed E-state index contributed by atoms with van der Waals surface area (Å²) in [6.07, 6.45) is 0. The monoisotopic (exact) mass is 412 g/mol. The van der Waals surface area contributed by atoms with Gasteiger partial charge in [0.05, 0.1) is 6.54 Å². The van der Waals surface area contributed by atoms with Gasteiger partial charge in [-0.2, -0.15) is 0 Å². The molecule has 0 spiro atoms. The molecular weight excluding hydrogens is 384 g/mol. The summed E-state index contributed by atoms with van der Waals surface area (Å²) in [5.74, 6) is 0.265. The number of benzene rings is 2. The molecule has 0 radical (unpaired) electrons. The molecule has 4 rings (SSSR count). The van der Waals surface area contributed by atoms with Crippen LogP contribution in [0.3, 0.4) is 0 Å². The maximum Gasteiger partial charge on any atom is 0.236 e. The fourth-order valence-corrected chi connectivity index (χ4v) is 4.36. The van der Waals surface area contributed by atoms with Crippen molar-refractivity contribution in [3.05, 3.63) is 65.2 Å². The number of halogens is 1. The van der Waals surface area contributed by atoms with Crippen LogP contribution >= 0.6 is 11.6 Å². The molecule has 154 valence electrons. The van der Waals surface area contributed by atoms with Crippen LogP contribution < -0.4 is 4.90 Å². The van der Waals surface area contributed by atoms with E-state index in [1.165, 1.54) is 11.3 Å². The third kappa shape index (κ3) is 5.50. The number of amides is 1. The predicted molar refractivity (Wildman–Crippen MR) is 118 cm³/mol. The van der Waals surface area contributed by atoms with Crippen LogP contribution in [0.1, 0.15) is 5.56 Å². The van der Waals surface area contributed by atoms with E-state index in [-0.39, 0.29) is 5.91 Å². The Morgan fingerprint density at radius 1 is 0.793 bits per heavy atom. The fraction of sp³-hybridized carbons (Fsp3) is 0.435. The molecule has 2 heterocycles. The topological polar surface area (TPSA) is 30.0 Å². The van der Waals surface area contributed by atoms with Gasteiger partial charge in [0, 0.05) is 69.6 Å². The number of nitrogens with zero attached hydrogens (tertiary/aromatic N) is 4. The van der Waals surface area contributed by atoms with Gasteiger partial charge in [-0.25, -0.2) is 0 Å². The third-order valence-electron chi connectivity index (χ3n) is 5.87. The van der Waals surface area contributed by atoms with Crippen molar-refractivity contribution >= 4 is 23.2 Å².